The van der Waals surface area contributed by atoms with Crippen LogP contribution in [0.1, 0.15) is 89.0 Å². The number of methoxy groups -OCH3 is 1. The minimum absolute atomic E-state index is 0.785. The van der Waals surface area contributed by atoms with Gasteiger partial charge in [0, 0.05) is 0 Å². The molecule has 0 bridgehead atoms. The predicted octanol–water partition coefficient (Wildman–Crippen LogP) is 6.97. The molecule has 2 fully saturated rings. The number of benzene rings is 1. The Morgan fingerprint density at radius 2 is 1.42 bits per heavy atom. The van der Waals surface area contributed by atoms with E-state index in [0.29, 0.717) is 0 Å². The normalized spacial score (nSPS) is 30.9. The molecule has 0 unspecified atom stereocenters. The molecule has 134 valence electrons. The third-order valence-electron chi connectivity index (χ3n) is 6.88. The van der Waals surface area contributed by atoms with Crippen molar-refractivity contribution >= 4 is 0 Å². The standard InChI is InChI=1S/C23H36O/c1-3-4-5-18-6-8-19(9-7-18)20-10-12-21(13-11-20)22-14-16-23(24-2)17-15-22/h14-21H,3-13H2,1-2H3/t18-,19-,20-,21-. The molecular weight excluding hydrogens is 292 g/mol. The quantitative estimate of drug-likeness (QED) is 0.548. The van der Waals surface area contributed by atoms with Crippen LogP contribution >= 0.6 is 0 Å². The molecule has 2 aliphatic rings. The molecule has 0 atom stereocenters. The van der Waals surface area contributed by atoms with Crippen LogP contribution in [0.25, 0.3) is 0 Å². The van der Waals surface area contributed by atoms with Crippen LogP contribution in [-0.2, 0) is 0 Å². The van der Waals surface area contributed by atoms with E-state index in [4.69, 9.17) is 4.74 Å². The molecule has 0 spiro atoms. The van der Waals surface area contributed by atoms with Crippen LogP contribution in [0, 0.1) is 17.8 Å². The first-order valence-corrected chi connectivity index (χ1v) is 10.4. The number of rotatable bonds is 6. The Kier molecular flexibility index (Phi) is 6.63. The first-order chi connectivity index (χ1) is 11.8. The molecule has 24 heavy (non-hydrogen) atoms. The van der Waals surface area contributed by atoms with Gasteiger partial charge in [-0.2, -0.15) is 0 Å². The summed E-state index contributed by atoms with van der Waals surface area (Å²) in [5.74, 6) is 4.88. The van der Waals surface area contributed by atoms with Gasteiger partial charge in [0.2, 0.25) is 0 Å². The molecule has 1 nitrogen and oxygen atoms in total. The topological polar surface area (TPSA) is 9.23 Å². The van der Waals surface area contributed by atoms with Gasteiger partial charge in [0.1, 0.15) is 5.75 Å². The van der Waals surface area contributed by atoms with E-state index >= 15 is 0 Å². The highest BCUT2D eigenvalue weighted by molar-refractivity contribution is 5.29. The van der Waals surface area contributed by atoms with E-state index < -0.39 is 0 Å². The Morgan fingerprint density at radius 1 is 0.833 bits per heavy atom. The van der Waals surface area contributed by atoms with Crippen molar-refractivity contribution in [1.29, 1.82) is 0 Å². The summed E-state index contributed by atoms with van der Waals surface area (Å²) in [6.45, 7) is 2.33. The van der Waals surface area contributed by atoms with Crippen molar-refractivity contribution in [1.82, 2.24) is 0 Å². The number of unbranched alkanes of at least 4 members (excludes halogenated alkanes) is 1. The van der Waals surface area contributed by atoms with Crippen LogP contribution in [0.5, 0.6) is 5.75 Å². The van der Waals surface area contributed by atoms with Gasteiger partial charge in [-0.1, -0.05) is 51.2 Å². The number of hydrogen-bond acceptors (Lipinski definition) is 1. The van der Waals surface area contributed by atoms with Crippen molar-refractivity contribution in [3.05, 3.63) is 29.8 Å². The van der Waals surface area contributed by atoms with E-state index in [2.05, 4.69) is 31.2 Å². The second-order valence-electron chi connectivity index (χ2n) is 8.31. The lowest BCUT2D eigenvalue weighted by Crippen LogP contribution is -2.25. The van der Waals surface area contributed by atoms with Gasteiger partial charge in [0.15, 0.2) is 0 Å². The maximum atomic E-state index is 5.29. The smallest absolute Gasteiger partial charge is 0.118 e. The zero-order chi connectivity index (χ0) is 16.8. The maximum absolute atomic E-state index is 5.29. The first kappa shape index (κ1) is 17.8. The first-order valence-electron chi connectivity index (χ1n) is 10.4. The average molecular weight is 329 g/mol. The monoisotopic (exact) mass is 328 g/mol. The summed E-state index contributed by atoms with van der Waals surface area (Å²) in [5.41, 5.74) is 1.53. The predicted molar refractivity (Wildman–Crippen MR) is 103 cm³/mol. The van der Waals surface area contributed by atoms with Crippen LogP contribution in [0.15, 0.2) is 24.3 Å². The summed E-state index contributed by atoms with van der Waals surface area (Å²) in [6, 6.07) is 8.81. The lowest BCUT2D eigenvalue weighted by Gasteiger charge is -2.38. The molecular formula is C23H36O. The van der Waals surface area contributed by atoms with Gasteiger partial charge >= 0.3 is 0 Å². The summed E-state index contributed by atoms with van der Waals surface area (Å²) in [5, 5.41) is 0. The minimum Gasteiger partial charge on any atom is -0.497 e. The van der Waals surface area contributed by atoms with Crippen LogP contribution < -0.4 is 4.74 Å². The summed E-state index contributed by atoms with van der Waals surface area (Å²) >= 11 is 0. The Bertz CT molecular complexity index is 461. The Balaban J connectivity index is 1.43. The van der Waals surface area contributed by atoms with Crippen molar-refractivity contribution in [2.75, 3.05) is 7.11 Å². The zero-order valence-electron chi connectivity index (χ0n) is 15.8. The lowest BCUT2D eigenvalue weighted by atomic mass is 9.68. The van der Waals surface area contributed by atoms with Gasteiger partial charge in [0.25, 0.3) is 0 Å². The van der Waals surface area contributed by atoms with E-state index in [1.807, 2.05) is 0 Å². The van der Waals surface area contributed by atoms with Crippen LogP contribution in [0.4, 0.5) is 0 Å². The molecule has 2 saturated carbocycles. The summed E-state index contributed by atoms with van der Waals surface area (Å²) in [6.07, 6.45) is 16.1. The molecule has 2 aliphatic carbocycles. The highest BCUT2D eigenvalue weighted by Gasteiger charge is 2.31. The Labute approximate surface area is 149 Å². The van der Waals surface area contributed by atoms with E-state index in [9.17, 15) is 0 Å². The lowest BCUT2D eigenvalue weighted by molar-refractivity contribution is 0.156. The van der Waals surface area contributed by atoms with Crippen molar-refractivity contribution in [3.63, 3.8) is 0 Å². The fraction of sp³-hybridized carbons (Fsp3) is 0.739. The van der Waals surface area contributed by atoms with Gasteiger partial charge in [-0.3, -0.25) is 0 Å². The fourth-order valence-corrected chi connectivity index (χ4v) is 5.24. The summed E-state index contributed by atoms with van der Waals surface area (Å²) in [4.78, 5) is 0. The van der Waals surface area contributed by atoms with Crippen LogP contribution in [0.3, 0.4) is 0 Å². The summed E-state index contributed by atoms with van der Waals surface area (Å²) < 4.78 is 5.29. The van der Waals surface area contributed by atoms with E-state index in [-0.39, 0.29) is 0 Å². The van der Waals surface area contributed by atoms with E-state index in [1.54, 1.807) is 7.11 Å². The second kappa shape index (κ2) is 8.92. The average Bonchev–Trinajstić information content (AvgIpc) is 2.67. The molecule has 3 rings (SSSR count). The number of hydrogen-bond donors (Lipinski definition) is 0. The molecule has 0 heterocycles. The molecule has 0 aliphatic heterocycles. The van der Waals surface area contributed by atoms with Crippen LogP contribution in [-0.4, -0.2) is 7.11 Å². The van der Waals surface area contributed by atoms with Crippen LogP contribution in [0.2, 0.25) is 0 Å². The zero-order valence-corrected chi connectivity index (χ0v) is 15.8. The Hall–Kier alpha value is -0.980. The van der Waals surface area contributed by atoms with E-state index in [1.165, 1.54) is 76.2 Å². The van der Waals surface area contributed by atoms with Gasteiger partial charge in [-0.05, 0) is 79.9 Å². The van der Waals surface area contributed by atoms with Crippen molar-refractivity contribution in [2.24, 2.45) is 17.8 Å². The van der Waals surface area contributed by atoms with Crippen molar-refractivity contribution in [3.8, 4) is 5.75 Å². The number of ether oxygens (including phenoxy) is 1. The van der Waals surface area contributed by atoms with Crippen molar-refractivity contribution < 1.29 is 4.74 Å². The van der Waals surface area contributed by atoms with Crippen molar-refractivity contribution in [2.45, 2.75) is 83.5 Å². The fourth-order valence-electron chi connectivity index (χ4n) is 5.24. The summed E-state index contributed by atoms with van der Waals surface area (Å²) in [7, 11) is 1.75. The largest absolute Gasteiger partial charge is 0.497 e. The van der Waals surface area contributed by atoms with E-state index in [0.717, 1.165) is 29.4 Å². The molecule has 0 saturated heterocycles. The van der Waals surface area contributed by atoms with Gasteiger partial charge < -0.3 is 4.74 Å². The molecule has 1 aromatic carbocycles. The van der Waals surface area contributed by atoms with Gasteiger partial charge in [-0.25, -0.2) is 0 Å². The Morgan fingerprint density at radius 3 is 1.96 bits per heavy atom. The second-order valence-corrected chi connectivity index (χ2v) is 8.31. The molecule has 0 radical (unpaired) electrons. The third-order valence-corrected chi connectivity index (χ3v) is 6.88. The van der Waals surface area contributed by atoms with Gasteiger partial charge in [-0.15, -0.1) is 0 Å². The molecule has 0 N–H and O–H groups in total. The highest BCUT2D eigenvalue weighted by Crippen LogP contribution is 2.44. The maximum Gasteiger partial charge on any atom is 0.118 e. The third kappa shape index (κ3) is 4.55. The molecule has 1 aromatic rings. The van der Waals surface area contributed by atoms with Gasteiger partial charge in [0.05, 0.1) is 7.11 Å². The molecule has 0 amide bonds. The molecule has 0 aromatic heterocycles. The highest BCUT2D eigenvalue weighted by atomic mass is 16.5. The SMILES string of the molecule is CCCC[C@H]1CC[C@H]([C@H]2CC[C@H](c3ccc(OC)cc3)CC2)CC1. The molecule has 1 heteroatoms. The minimum atomic E-state index is 0.785.